The molecule has 4 heteroatoms. The number of hydrogen-bond acceptors (Lipinski definition) is 4. The Morgan fingerprint density at radius 3 is 2.88 bits per heavy atom. The van der Waals surface area contributed by atoms with Crippen molar-refractivity contribution >= 4 is 17.1 Å². The van der Waals surface area contributed by atoms with E-state index in [4.69, 9.17) is 0 Å². The summed E-state index contributed by atoms with van der Waals surface area (Å²) in [5.74, 6) is 0.144. The van der Waals surface area contributed by atoms with Gasteiger partial charge in [0.1, 0.15) is 6.10 Å². The van der Waals surface area contributed by atoms with Crippen LogP contribution in [0.2, 0.25) is 0 Å². The molecule has 2 rings (SSSR count). The van der Waals surface area contributed by atoms with Gasteiger partial charge in [0.05, 0.1) is 5.51 Å². The molecule has 1 aromatic rings. The number of carbonyl (C=O) groups is 1. The van der Waals surface area contributed by atoms with E-state index >= 15 is 0 Å². The summed E-state index contributed by atoms with van der Waals surface area (Å²) in [6, 6.07) is 0. The Morgan fingerprint density at radius 2 is 2.25 bits per heavy atom. The van der Waals surface area contributed by atoms with E-state index in [1.807, 2.05) is 0 Å². The average Bonchev–Trinajstić information content (AvgIpc) is 2.82. The molecule has 1 atom stereocenters. The van der Waals surface area contributed by atoms with E-state index in [9.17, 15) is 9.90 Å². The van der Waals surface area contributed by atoms with Gasteiger partial charge in [-0.1, -0.05) is 19.3 Å². The lowest BCUT2D eigenvalue weighted by molar-refractivity contribution is -0.129. The number of nitrogens with zero attached hydrogens (tertiary/aromatic N) is 1. The predicted molar refractivity (Wildman–Crippen MR) is 63.4 cm³/mol. The van der Waals surface area contributed by atoms with Gasteiger partial charge in [-0.3, -0.25) is 9.78 Å². The normalized spacial score (nSPS) is 19.6. The van der Waals surface area contributed by atoms with Gasteiger partial charge in [-0.15, -0.1) is 11.3 Å². The highest BCUT2D eigenvalue weighted by atomic mass is 32.1. The van der Waals surface area contributed by atoms with E-state index in [2.05, 4.69) is 4.98 Å². The fraction of sp³-hybridized carbons (Fsp3) is 0.667. The number of carbonyl (C=O) groups excluding carboxylic acids is 1. The van der Waals surface area contributed by atoms with Gasteiger partial charge in [0.2, 0.25) is 0 Å². The highest BCUT2D eigenvalue weighted by molar-refractivity contribution is 7.09. The fourth-order valence-electron chi connectivity index (χ4n) is 2.32. The monoisotopic (exact) mass is 239 g/mol. The molecule has 1 aromatic heterocycles. The molecular weight excluding hydrogens is 222 g/mol. The van der Waals surface area contributed by atoms with E-state index in [-0.39, 0.29) is 11.7 Å². The van der Waals surface area contributed by atoms with Crippen LogP contribution in [0.1, 0.15) is 37.0 Å². The Balaban J connectivity index is 1.88. The lowest BCUT2D eigenvalue weighted by Crippen LogP contribution is -2.32. The molecule has 0 spiro atoms. The zero-order valence-electron chi connectivity index (χ0n) is 9.26. The lowest BCUT2D eigenvalue weighted by atomic mass is 9.83. The molecule has 88 valence electrons. The number of thiazole rings is 1. The van der Waals surface area contributed by atoms with Crippen molar-refractivity contribution in [1.82, 2.24) is 4.98 Å². The molecular formula is C12H17NO2S. The van der Waals surface area contributed by atoms with Gasteiger partial charge in [-0.05, 0) is 18.8 Å². The maximum atomic E-state index is 11.8. The van der Waals surface area contributed by atoms with Crippen molar-refractivity contribution in [3.8, 4) is 0 Å². The molecule has 0 bridgehead atoms. The van der Waals surface area contributed by atoms with Crippen molar-refractivity contribution in [3.63, 3.8) is 0 Å². The second-order valence-electron chi connectivity index (χ2n) is 4.45. The predicted octanol–water partition coefficient (Wildman–Crippen LogP) is 2.20. The summed E-state index contributed by atoms with van der Waals surface area (Å²) in [5.41, 5.74) is 1.72. The minimum atomic E-state index is -0.762. The summed E-state index contributed by atoms with van der Waals surface area (Å²) in [6.45, 7) is 0. The van der Waals surface area contributed by atoms with E-state index in [1.54, 1.807) is 11.7 Å². The molecule has 0 radical (unpaired) electrons. The minimum absolute atomic E-state index is 0.0452. The third-order valence-electron chi connectivity index (χ3n) is 3.26. The van der Waals surface area contributed by atoms with Gasteiger partial charge in [0, 0.05) is 17.5 Å². The molecule has 1 heterocycles. The van der Waals surface area contributed by atoms with Crippen molar-refractivity contribution < 1.29 is 9.90 Å². The Hall–Kier alpha value is -0.740. The van der Waals surface area contributed by atoms with E-state index in [0.717, 1.165) is 30.6 Å². The summed E-state index contributed by atoms with van der Waals surface area (Å²) in [4.78, 5) is 16.7. The first-order valence-electron chi connectivity index (χ1n) is 5.85. The zero-order chi connectivity index (χ0) is 11.4. The van der Waals surface area contributed by atoms with Crippen LogP contribution >= 0.6 is 11.3 Å². The Kier molecular flexibility index (Phi) is 4.07. The average molecular weight is 239 g/mol. The largest absolute Gasteiger partial charge is 0.385 e. The molecule has 16 heavy (non-hydrogen) atoms. The second-order valence-corrected chi connectivity index (χ2v) is 5.42. The third-order valence-corrected chi connectivity index (χ3v) is 4.04. The number of rotatable bonds is 4. The summed E-state index contributed by atoms with van der Waals surface area (Å²) in [5, 5.41) is 9.98. The van der Waals surface area contributed by atoms with Crippen LogP contribution in [0.4, 0.5) is 0 Å². The van der Waals surface area contributed by atoms with E-state index in [0.29, 0.717) is 6.42 Å². The van der Waals surface area contributed by atoms with Crippen LogP contribution in [-0.4, -0.2) is 22.0 Å². The molecule has 3 nitrogen and oxygen atoms in total. The second kappa shape index (κ2) is 5.55. The van der Waals surface area contributed by atoms with Crippen LogP contribution in [0.3, 0.4) is 0 Å². The first kappa shape index (κ1) is 11.7. The van der Waals surface area contributed by atoms with Gasteiger partial charge in [0.25, 0.3) is 0 Å². The Morgan fingerprint density at radius 1 is 1.50 bits per heavy atom. The maximum absolute atomic E-state index is 11.8. The summed E-state index contributed by atoms with van der Waals surface area (Å²) in [7, 11) is 0. The van der Waals surface area contributed by atoms with Gasteiger partial charge < -0.3 is 5.11 Å². The van der Waals surface area contributed by atoms with E-state index < -0.39 is 6.10 Å². The molecule has 1 fully saturated rings. The molecule has 1 unspecified atom stereocenters. The van der Waals surface area contributed by atoms with Crippen molar-refractivity contribution in [3.05, 3.63) is 16.6 Å². The number of aliphatic hydroxyl groups is 1. The SMILES string of the molecule is O=C(Cc1cncs1)C(O)C1CCCCC1. The topological polar surface area (TPSA) is 50.2 Å². The van der Waals surface area contributed by atoms with Crippen molar-refractivity contribution in [2.75, 3.05) is 0 Å². The standard InChI is InChI=1S/C12H17NO2S/c14-11(6-10-7-13-8-16-10)12(15)9-4-2-1-3-5-9/h7-9,12,15H,1-6H2. The van der Waals surface area contributed by atoms with Crippen LogP contribution in [0.25, 0.3) is 0 Å². The first-order chi connectivity index (χ1) is 7.77. The molecule has 0 aliphatic heterocycles. The molecule has 1 N–H and O–H groups in total. The summed E-state index contributed by atoms with van der Waals surface area (Å²) < 4.78 is 0. The fourth-order valence-corrected chi connectivity index (χ4v) is 2.92. The number of hydrogen-bond donors (Lipinski definition) is 1. The third kappa shape index (κ3) is 2.89. The van der Waals surface area contributed by atoms with Crippen molar-refractivity contribution in [2.24, 2.45) is 5.92 Å². The summed E-state index contributed by atoms with van der Waals surface area (Å²) in [6.07, 6.45) is 6.81. The van der Waals surface area contributed by atoms with Crippen LogP contribution in [0.15, 0.2) is 11.7 Å². The highest BCUT2D eigenvalue weighted by Crippen LogP contribution is 2.27. The Bertz CT molecular complexity index is 331. The maximum Gasteiger partial charge on any atom is 0.166 e. The molecule has 1 aliphatic rings. The summed E-state index contributed by atoms with van der Waals surface area (Å²) >= 11 is 1.47. The van der Waals surface area contributed by atoms with Crippen molar-refractivity contribution in [2.45, 2.75) is 44.6 Å². The van der Waals surface area contributed by atoms with Gasteiger partial charge >= 0.3 is 0 Å². The van der Waals surface area contributed by atoms with Gasteiger partial charge in [-0.25, -0.2) is 0 Å². The molecule has 1 aliphatic carbocycles. The smallest absolute Gasteiger partial charge is 0.166 e. The minimum Gasteiger partial charge on any atom is -0.385 e. The number of ketones is 1. The highest BCUT2D eigenvalue weighted by Gasteiger charge is 2.27. The van der Waals surface area contributed by atoms with Crippen LogP contribution < -0.4 is 0 Å². The van der Waals surface area contributed by atoms with Crippen LogP contribution in [-0.2, 0) is 11.2 Å². The molecule has 1 saturated carbocycles. The lowest BCUT2D eigenvalue weighted by Gasteiger charge is -2.25. The quantitative estimate of drug-likeness (QED) is 0.876. The molecule has 0 amide bonds. The van der Waals surface area contributed by atoms with E-state index in [1.165, 1.54) is 17.8 Å². The number of aliphatic hydroxyl groups excluding tert-OH is 1. The zero-order valence-corrected chi connectivity index (χ0v) is 10.1. The van der Waals surface area contributed by atoms with Crippen molar-refractivity contribution in [1.29, 1.82) is 0 Å². The Labute approximate surface area is 99.5 Å². The van der Waals surface area contributed by atoms with Crippen LogP contribution in [0.5, 0.6) is 0 Å². The number of Topliss-reactive ketones (excluding diaryl/α,β-unsaturated/α-hetero) is 1. The van der Waals surface area contributed by atoms with Crippen LogP contribution in [0, 0.1) is 5.92 Å². The number of aromatic nitrogens is 1. The molecule has 0 saturated heterocycles. The van der Waals surface area contributed by atoms with Gasteiger partial charge in [0.15, 0.2) is 5.78 Å². The molecule has 0 aromatic carbocycles. The van der Waals surface area contributed by atoms with Gasteiger partial charge in [-0.2, -0.15) is 0 Å². The first-order valence-corrected chi connectivity index (χ1v) is 6.73.